The molecule has 0 aliphatic heterocycles. The van der Waals surface area contributed by atoms with Crippen LogP contribution in [0.25, 0.3) is 20.9 Å². The summed E-state index contributed by atoms with van der Waals surface area (Å²) in [7, 11) is 0.690. The normalized spacial score (nSPS) is 9.85. The maximum absolute atomic E-state index is 11.2. The number of carbonyl (C=O) groups excluding carboxylic acids is 5. The Morgan fingerprint density at radius 1 is 0.324 bits per heavy atom. The average Bonchev–Trinajstić information content (AvgIpc) is 1.35. The van der Waals surface area contributed by atoms with Crippen LogP contribution in [0.2, 0.25) is 0 Å². The van der Waals surface area contributed by atoms with Crippen LogP contribution in [0.3, 0.4) is 0 Å². The predicted molar refractivity (Wildman–Crippen MR) is 590 cm³/mol. The number of thiophene rings is 3. The number of hydrogen-bond donors (Lipinski definition) is 4. The van der Waals surface area contributed by atoms with Crippen molar-refractivity contribution in [3.05, 3.63) is 519 Å². The summed E-state index contributed by atoms with van der Waals surface area (Å²) in [5, 5.41) is 55.0. The van der Waals surface area contributed by atoms with Gasteiger partial charge in [0.05, 0.1) is 54.2 Å². The van der Waals surface area contributed by atoms with Gasteiger partial charge in [-0.1, -0.05) is 400 Å². The number of halogens is 1. The van der Waals surface area contributed by atoms with Gasteiger partial charge in [0.2, 0.25) is 0 Å². The molecule has 0 aliphatic carbocycles. The van der Waals surface area contributed by atoms with Gasteiger partial charge in [0.1, 0.15) is 0 Å². The van der Waals surface area contributed by atoms with E-state index in [1.807, 2.05) is 60.7 Å². The quantitative estimate of drug-likeness (QED) is 0.00676. The average molecular weight is 2260 g/mol. The van der Waals surface area contributed by atoms with E-state index in [0.717, 1.165) is 51.1 Å². The number of esters is 3. The van der Waals surface area contributed by atoms with E-state index in [9.17, 15) is 34.6 Å². The number of nitro benzene ring substituents is 2. The molecule has 3 aromatic heterocycles. The Labute approximate surface area is 882 Å². The minimum Gasteiger partial charge on any atom is -0.469 e. The molecule has 0 fully saturated rings. The van der Waals surface area contributed by atoms with Crippen LogP contribution in [0.4, 0.5) is 17.1 Å². The van der Waals surface area contributed by atoms with E-state index in [0.29, 0.717) is 12.8 Å². The molecular formula is C113H103BBrN4O14P4Pd2S3-. The number of ether oxygens (including phenoxy) is 3. The first-order valence-corrected chi connectivity index (χ1v) is 51.6. The van der Waals surface area contributed by atoms with Crippen molar-refractivity contribution in [1.29, 1.82) is 0 Å². The van der Waals surface area contributed by atoms with Gasteiger partial charge >= 0.3 is 31.2 Å². The zero-order chi connectivity index (χ0) is 97.9. The Morgan fingerprint density at radius 3 is 0.746 bits per heavy atom. The van der Waals surface area contributed by atoms with Crippen molar-refractivity contribution in [3.63, 3.8) is 0 Å². The third kappa shape index (κ3) is 39.6. The van der Waals surface area contributed by atoms with Crippen molar-refractivity contribution in [3.8, 4) is 20.9 Å². The smallest absolute Gasteiger partial charge is 0.469 e. The van der Waals surface area contributed by atoms with Gasteiger partial charge in [0.15, 0.2) is 0 Å². The van der Waals surface area contributed by atoms with E-state index in [1.54, 1.807) is 34.8 Å². The van der Waals surface area contributed by atoms with Gasteiger partial charge in [-0.2, -0.15) is 9.59 Å². The number of methoxy groups -OCH3 is 3. The first-order valence-electron chi connectivity index (χ1n) is 43.0. The fourth-order valence-corrected chi connectivity index (χ4v) is 26.0. The van der Waals surface area contributed by atoms with Gasteiger partial charge in [-0.25, -0.2) is 0 Å². The molecule has 29 heteroatoms. The van der Waals surface area contributed by atoms with Gasteiger partial charge in [0.25, 0.3) is 11.4 Å². The van der Waals surface area contributed by atoms with Gasteiger partial charge in [-0.3, -0.25) is 34.6 Å². The van der Waals surface area contributed by atoms with Gasteiger partial charge in [-0.05, 0) is 176 Å². The standard InChI is InChI=1S/4C18H15P.C13H11NO4S.C13H13NO2S.C7H7BrO2S.C6H6BNO4.CO2.CH3.H3N.2Pd/c4*1-4-10-16(11-5-1)19(17-12-6-2-7-13-17)18-14-8-3-9-15-18;1-18-13(15)8-11-5-6-12(19-11)9-3-2-4-10(7-9)14(16)17;1-16-13(15)8-11-5-6-12(17-11)9-3-2-4-10(14)7-9;1-10-7(9)4-5-2-3-6(8)11-5;9-7(10)5-2-1-3-6(4-5)8(11)12;2-1-3;;;;/h4*1-15H;2-7H,8H2,1H3;2-7H,8,14H2,1H3;2-3H,4H2,1H3;1-4,9-10H;;2*1H3;;/q;;;;;;;;;-1;;;. The Hall–Kier alpha value is -12.7. The molecule has 0 radical (unpaired) electrons. The molecule has 0 amide bonds. The van der Waals surface area contributed by atoms with Crippen molar-refractivity contribution >= 4 is 199 Å². The number of carbonyl (C=O) groups is 3. The second-order valence-electron chi connectivity index (χ2n) is 29.1. The zero-order valence-electron chi connectivity index (χ0n) is 77.7. The van der Waals surface area contributed by atoms with E-state index in [-0.39, 0.29) is 102 Å². The molecule has 0 bridgehead atoms. The number of benzene rings is 15. The van der Waals surface area contributed by atoms with Crippen LogP contribution in [-0.2, 0) is 98.3 Å². The van der Waals surface area contributed by atoms with E-state index >= 15 is 0 Å². The molecule has 3 heterocycles. The summed E-state index contributed by atoms with van der Waals surface area (Å²) in [4.78, 5) is 74.1. The maximum atomic E-state index is 11.2. The van der Waals surface area contributed by atoms with Crippen molar-refractivity contribution in [1.82, 2.24) is 6.15 Å². The van der Waals surface area contributed by atoms with Crippen molar-refractivity contribution < 1.29 is 98.9 Å². The molecule has 15 aromatic carbocycles. The summed E-state index contributed by atoms with van der Waals surface area (Å²) in [6.07, 6.45) is 1.16. The molecule has 728 valence electrons. The summed E-state index contributed by atoms with van der Waals surface area (Å²) < 4.78 is 14.8. The Kier molecular flexibility index (Phi) is 54.9. The molecule has 7 N–H and O–H groups in total. The molecule has 0 atom stereocenters. The summed E-state index contributed by atoms with van der Waals surface area (Å²) >= 11 is 7.87. The summed E-state index contributed by atoms with van der Waals surface area (Å²) in [5.74, 6) is -0.710. The van der Waals surface area contributed by atoms with Crippen molar-refractivity contribution in [2.45, 2.75) is 19.3 Å². The van der Waals surface area contributed by atoms with Crippen LogP contribution in [-0.4, -0.2) is 72.4 Å². The number of nitrogen functional groups attached to an aromatic ring is 1. The second kappa shape index (κ2) is 66.1. The van der Waals surface area contributed by atoms with E-state index in [4.69, 9.17) is 25.4 Å². The van der Waals surface area contributed by atoms with E-state index in [1.165, 1.54) is 127 Å². The van der Waals surface area contributed by atoms with Crippen LogP contribution < -0.4 is 81.0 Å². The van der Waals surface area contributed by atoms with E-state index < -0.39 is 48.7 Å². The van der Waals surface area contributed by atoms with Crippen molar-refractivity contribution in [2.75, 3.05) is 27.1 Å². The monoisotopic (exact) mass is 2260 g/mol. The third-order valence-corrected chi connectivity index (χ3v) is 33.3. The number of nitro groups is 2. The SMILES string of the molecule is COC(=O)Cc1ccc(-c2cccc(N)c2)s1.COC(=O)Cc1ccc(-c2cccc([N+](=O)[O-])c2)s1.COC(=O)Cc1ccc(Br)s1.N.O=C=O.O=[N+]([O-])c1cccc(B(O)O)c1.[CH3-].[Pd].[Pd].c1ccc(P(c2ccccc2)c2ccccc2)cc1.c1ccc(P(c2ccccc2)c2ccccc2)cc1.c1ccc(P(c2ccccc2)c2ccccc2)cc1.c1ccc(P(c2ccccc2)c2ccccc2)cc1. The largest absolute Gasteiger partial charge is 0.488 e. The van der Waals surface area contributed by atoms with Crippen LogP contribution >= 0.6 is 81.6 Å². The minimum absolute atomic E-state index is 0. The summed E-state index contributed by atoms with van der Waals surface area (Å²) in [6.45, 7) is 0. The molecule has 142 heavy (non-hydrogen) atoms. The predicted octanol–water partition coefficient (Wildman–Crippen LogP) is 21.1. The van der Waals surface area contributed by atoms with Crippen LogP contribution in [0, 0.1) is 27.7 Å². The number of nitrogens with two attached hydrogens (primary N) is 1. The molecule has 18 nitrogen and oxygen atoms in total. The maximum Gasteiger partial charge on any atom is 0.488 e. The summed E-state index contributed by atoms with van der Waals surface area (Å²) in [5.41, 5.74) is 8.34. The number of rotatable bonds is 23. The Balaban J connectivity index is 0.000000248. The second-order valence-corrected chi connectivity index (χ2v) is 42.9. The Bertz CT molecular complexity index is 5860. The zero-order valence-corrected chi connectivity index (χ0v) is 88.5. The Morgan fingerprint density at radius 2 is 0.535 bits per heavy atom. The topological polar surface area (TPSA) is 301 Å². The summed E-state index contributed by atoms with van der Waals surface area (Å²) in [6, 6.07) is 160. The fraction of sp³-hybridized carbons (Fsp3) is 0.0531. The van der Waals surface area contributed by atoms with Crippen LogP contribution in [0.5, 0.6) is 0 Å². The molecule has 0 spiro atoms. The minimum atomic E-state index is -1.66. The third-order valence-electron chi connectivity index (χ3n) is 19.7. The van der Waals surface area contributed by atoms with Crippen LogP contribution in [0.15, 0.2) is 477 Å². The van der Waals surface area contributed by atoms with Crippen molar-refractivity contribution in [2.24, 2.45) is 0 Å². The molecule has 0 aliphatic rings. The molecule has 0 unspecified atom stereocenters. The molecule has 0 saturated carbocycles. The molecule has 18 rings (SSSR count). The number of non-ortho nitro benzene ring substituents is 2. The first-order chi connectivity index (χ1) is 67.3. The number of nitrogens with zero attached hydrogens (tertiary/aromatic N) is 2. The molecule has 0 saturated heterocycles. The van der Waals surface area contributed by atoms with Gasteiger partial charge in [-0.15, -0.1) is 34.0 Å². The molecule has 18 aromatic rings. The fourth-order valence-electron chi connectivity index (χ4n) is 13.3. The number of hydrogen-bond acceptors (Lipinski definition) is 19. The van der Waals surface area contributed by atoms with Gasteiger partial charge < -0.3 is 43.6 Å². The van der Waals surface area contributed by atoms with Gasteiger partial charge in [0, 0.05) is 95.2 Å². The van der Waals surface area contributed by atoms with E-state index in [2.05, 4.69) is 394 Å². The first kappa shape index (κ1) is 118. The number of anilines is 1. The van der Waals surface area contributed by atoms with Crippen LogP contribution in [0.1, 0.15) is 14.6 Å². The molecular weight excluding hydrogens is 2160 g/mol.